The minimum absolute atomic E-state index is 0.0236. The van der Waals surface area contributed by atoms with Gasteiger partial charge in [0.1, 0.15) is 5.56 Å². The largest absolute Gasteiger partial charge is 0.494 e. The van der Waals surface area contributed by atoms with Gasteiger partial charge in [-0.3, -0.25) is 14.6 Å². The molecule has 1 aliphatic rings. The van der Waals surface area contributed by atoms with Crippen LogP contribution < -0.4 is 5.56 Å². The molecule has 0 saturated heterocycles. The number of hydrogen-bond acceptors (Lipinski definition) is 4. The molecule has 104 valence electrons. The number of aromatic nitrogens is 2. The zero-order valence-electron chi connectivity index (χ0n) is 10.7. The van der Waals surface area contributed by atoms with Gasteiger partial charge in [-0.1, -0.05) is 36.4 Å². The number of aromatic hydroxyl groups is 1. The molecule has 5 nitrogen and oxygen atoms in total. The maximum Gasteiger partial charge on any atom is 0.262 e. The topological polar surface area (TPSA) is 85.9 Å². The standard InChI is InChI=1S/C15H10N2O3S/c18-12-9(6-5-8-3-1-2-4-10(8)12)7-11-13(19)16-15(21)17-14(11)20/h1-7H,(H3,16,17,19,20,21)/b9-7+. The van der Waals surface area contributed by atoms with Gasteiger partial charge in [0.2, 0.25) is 5.88 Å². The molecular weight excluding hydrogens is 288 g/mol. The molecule has 0 atom stereocenters. The normalized spacial score (nSPS) is 15.2. The summed E-state index contributed by atoms with van der Waals surface area (Å²) in [6, 6.07) is 7.18. The van der Waals surface area contributed by atoms with Gasteiger partial charge in [-0.15, -0.1) is 0 Å². The maximum atomic E-state index is 12.4. The Hall–Kier alpha value is -2.73. The molecule has 0 amide bonds. The number of nitrogens with one attached hydrogen (secondary N) is 2. The van der Waals surface area contributed by atoms with Crippen LogP contribution in [0.15, 0.2) is 40.7 Å². The molecule has 0 aliphatic heterocycles. The Labute approximate surface area is 124 Å². The first-order valence-electron chi connectivity index (χ1n) is 6.15. The Balaban J connectivity index is 2.14. The molecule has 0 unspecified atom stereocenters. The monoisotopic (exact) mass is 298 g/mol. The first-order valence-corrected chi connectivity index (χ1v) is 6.56. The highest BCUT2D eigenvalue weighted by Gasteiger charge is 2.18. The number of ketones is 1. The van der Waals surface area contributed by atoms with Crippen molar-refractivity contribution in [1.82, 2.24) is 9.97 Å². The molecule has 1 aromatic heterocycles. The highest BCUT2D eigenvalue weighted by molar-refractivity contribution is 7.71. The number of carbonyl (C=O) groups excluding carboxylic acids is 1. The van der Waals surface area contributed by atoms with Crippen LogP contribution in [0.2, 0.25) is 0 Å². The van der Waals surface area contributed by atoms with Crippen molar-refractivity contribution in [2.75, 3.05) is 0 Å². The van der Waals surface area contributed by atoms with E-state index in [9.17, 15) is 14.7 Å². The molecule has 2 aromatic rings. The van der Waals surface area contributed by atoms with Crippen LogP contribution in [0.3, 0.4) is 0 Å². The summed E-state index contributed by atoms with van der Waals surface area (Å²) < 4.78 is 0.0236. The molecule has 0 fully saturated rings. The fraction of sp³-hybridized carbons (Fsp3) is 0. The third-order valence-electron chi connectivity index (χ3n) is 3.17. The van der Waals surface area contributed by atoms with E-state index in [0.29, 0.717) is 11.1 Å². The fourth-order valence-corrected chi connectivity index (χ4v) is 2.34. The highest BCUT2D eigenvalue weighted by Crippen LogP contribution is 2.24. The van der Waals surface area contributed by atoms with E-state index in [1.165, 1.54) is 6.08 Å². The smallest absolute Gasteiger partial charge is 0.262 e. The number of Topliss-reactive ketones (excluding diaryl/α,β-unsaturated/α-hetero) is 1. The molecule has 1 aromatic carbocycles. The Morgan fingerprint density at radius 1 is 1.10 bits per heavy atom. The number of H-pyrrole nitrogens is 2. The molecule has 1 heterocycles. The van der Waals surface area contributed by atoms with E-state index in [4.69, 9.17) is 12.2 Å². The predicted molar refractivity (Wildman–Crippen MR) is 81.7 cm³/mol. The molecule has 0 radical (unpaired) electrons. The van der Waals surface area contributed by atoms with Gasteiger partial charge in [0, 0.05) is 11.1 Å². The number of benzene rings is 1. The maximum absolute atomic E-state index is 12.4. The number of carbonyl (C=O) groups is 1. The first kappa shape index (κ1) is 13.3. The van der Waals surface area contributed by atoms with Crippen LogP contribution in [0, 0.1) is 4.77 Å². The minimum Gasteiger partial charge on any atom is -0.494 e. The zero-order chi connectivity index (χ0) is 15.0. The van der Waals surface area contributed by atoms with Crippen LogP contribution in [0.1, 0.15) is 21.5 Å². The average Bonchev–Trinajstić information content (AvgIpc) is 2.45. The van der Waals surface area contributed by atoms with E-state index in [1.807, 2.05) is 12.1 Å². The summed E-state index contributed by atoms with van der Waals surface area (Å²) in [4.78, 5) is 29.0. The Kier molecular flexibility index (Phi) is 3.15. The van der Waals surface area contributed by atoms with E-state index >= 15 is 0 Å². The third-order valence-corrected chi connectivity index (χ3v) is 3.37. The van der Waals surface area contributed by atoms with Crippen molar-refractivity contribution in [3.63, 3.8) is 0 Å². The summed E-state index contributed by atoms with van der Waals surface area (Å²) in [5, 5.41) is 9.76. The van der Waals surface area contributed by atoms with E-state index in [0.717, 1.165) is 5.56 Å². The van der Waals surface area contributed by atoms with Crippen LogP contribution >= 0.6 is 12.2 Å². The molecular formula is C15H10N2O3S. The molecule has 6 heteroatoms. The molecule has 1 aliphatic carbocycles. The van der Waals surface area contributed by atoms with Crippen LogP contribution in [-0.4, -0.2) is 20.9 Å². The third kappa shape index (κ3) is 2.36. The van der Waals surface area contributed by atoms with Crippen molar-refractivity contribution in [2.45, 2.75) is 0 Å². The zero-order valence-corrected chi connectivity index (χ0v) is 11.5. The molecule has 0 spiro atoms. The predicted octanol–water partition coefficient (Wildman–Crippen LogP) is 2.43. The molecule has 0 bridgehead atoms. The number of hydrogen-bond donors (Lipinski definition) is 3. The van der Waals surface area contributed by atoms with Gasteiger partial charge in [0.25, 0.3) is 5.56 Å². The summed E-state index contributed by atoms with van der Waals surface area (Å²) >= 11 is 4.75. The van der Waals surface area contributed by atoms with E-state index in [2.05, 4.69) is 9.97 Å². The van der Waals surface area contributed by atoms with Crippen molar-refractivity contribution in [3.8, 4) is 5.88 Å². The molecule has 21 heavy (non-hydrogen) atoms. The van der Waals surface area contributed by atoms with E-state index in [-0.39, 0.29) is 22.0 Å². The molecule has 0 saturated carbocycles. The van der Waals surface area contributed by atoms with Crippen LogP contribution in [0.4, 0.5) is 0 Å². The second kappa shape index (κ2) is 4.99. The lowest BCUT2D eigenvalue weighted by molar-refractivity contribution is 0.103. The molecule has 3 N–H and O–H groups in total. The van der Waals surface area contributed by atoms with Crippen LogP contribution in [0.25, 0.3) is 12.2 Å². The first-order chi connectivity index (χ1) is 10.1. The highest BCUT2D eigenvalue weighted by atomic mass is 32.1. The van der Waals surface area contributed by atoms with E-state index < -0.39 is 5.56 Å². The quantitative estimate of drug-likeness (QED) is 0.557. The van der Waals surface area contributed by atoms with Crippen LogP contribution in [-0.2, 0) is 0 Å². The van der Waals surface area contributed by atoms with Crippen molar-refractivity contribution in [2.24, 2.45) is 0 Å². The Morgan fingerprint density at radius 3 is 2.62 bits per heavy atom. The van der Waals surface area contributed by atoms with Gasteiger partial charge in [-0.05, 0) is 23.9 Å². The van der Waals surface area contributed by atoms with Crippen molar-refractivity contribution < 1.29 is 9.90 Å². The van der Waals surface area contributed by atoms with Gasteiger partial charge >= 0.3 is 0 Å². The van der Waals surface area contributed by atoms with Crippen molar-refractivity contribution in [3.05, 3.63) is 67.7 Å². The van der Waals surface area contributed by atoms with E-state index in [1.54, 1.807) is 24.3 Å². The summed E-state index contributed by atoms with van der Waals surface area (Å²) in [6.07, 6.45) is 4.75. The Morgan fingerprint density at radius 2 is 1.86 bits per heavy atom. The number of fused-ring (bicyclic) bond motifs is 1. The minimum atomic E-state index is -0.552. The average molecular weight is 298 g/mol. The summed E-state index contributed by atoms with van der Waals surface area (Å²) in [5.41, 5.74) is 1.12. The summed E-state index contributed by atoms with van der Waals surface area (Å²) in [6.45, 7) is 0. The van der Waals surface area contributed by atoms with Gasteiger partial charge in [-0.2, -0.15) is 0 Å². The van der Waals surface area contributed by atoms with Crippen molar-refractivity contribution >= 4 is 30.2 Å². The SMILES string of the molecule is O=C1/C(=C/c2c(O)[nH]c(=S)[nH]c2=O)C=Cc2ccccc21. The second-order valence-corrected chi connectivity index (χ2v) is 4.93. The van der Waals surface area contributed by atoms with Gasteiger partial charge in [0.15, 0.2) is 10.6 Å². The van der Waals surface area contributed by atoms with Crippen molar-refractivity contribution in [1.29, 1.82) is 0 Å². The van der Waals surface area contributed by atoms with Crippen LogP contribution in [0.5, 0.6) is 5.88 Å². The lowest BCUT2D eigenvalue weighted by Gasteiger charge is -2.11. The summed E-state index contributed by atoms with van der Waals surface area (Å²) in [7, 11) is 0. The lowest BCUT2D eigenvalue weighted by atomic mass is 9.92. The van der Waals surface area contributed by atoms with Gasteiger partial charge < -0.3 is 10.1 Å². The Bertz CT molecular complexity index is 919. The number of rotatable bonds is 1. The number of aromatic amines is 2. The number of allylic oxidation sites excluding steroid dienone is 2. The summed E-state index contributed by atoms with van der Waals surface area (Å²) in [5.74, 6) is -0.564. The lowest BCUT2D eigenvalue weighted by Crippen LogP contribution is -2.13. The molecule has 3 rings (SSSR count). The second-order valence-electron chi connectivity index (χ2n) is 4.52. The fourth-order valence-electron chi connectivity index (χ4n) is 2.15. The van der Waals surface area contributed by atoms with Gasteiger partial charge in [-0.25, -0.2) is 0 Å². The van der Waals surface area contributed by atoms with Gasteiger partial charge in [0.05, 0.1) is 0 Å².